The molecule has 0 radical (unpaired) electrons. The third-order valence-electron chi connectivity index (χ3n) is 4.26. The summed E-state index contributed by atoms with van der Waals surface area (Å²) in [5.74, 6) is 0.459. The summed E-state index contributed by atoms with van der Waals surface area (Å²) in [7, 11) is 1.56. The van der Waals surface area contributed by atoms with Crippen molar-refractivity contribution in [1.29, 1.82) is 0 Å². The van der Waals surface area contributed by atoms with E-state index in [4.69, 9.17) is 5.11 Å². The molecule has 5 nitrogen and oxygen atoms in total. The predicted molar refractivity (Wildman–Crippen MR) is 67.3 cm³/mol. The number of likely N-dealkylation sites (tertiary alicyclic amines) is 1. The van der Waals surface area contributed by atoms with E-state index in [1.165, 1.54) is 30.6 Å². The Morgan fingerprint density at radius 3 is 2.56 bits per heavy atom. The van der Waals surface area contributed by atoms with Crippen molar-refractivity contribution in [3.63, 3.8) is 0 Å². The first kappa shape index (κ1) is 13.2. The molecule has 2 fully saturated rings. The minimum absolute atomic E-state index is 0.138. The van der Waals surface area contributed by atoms with Crippen molar-refractivity contribution in [2.45, 2.75) is 32.1 Å². The number of piperidine rings is 1. The Bertz CT molecular complexity index is 332. The summed E-state index contributed by atoms with van der Waals surface area (Å²) in [5, 5.41) is 8.71. The first-order chi connectivity index (χ1) is 8.58. The lowest BCUT2D eigenvalue weighted by Crippen LogP contribution is -2.50. The van der Waals surface area contributed by atoms with E-state index < -0.39 is 5.97 Å². The fraction of sp³-hybridized carbons (Fsp3) is 0.846. The number of amides is 2. The van der Waals surface area contributed by atoms with Crippen molar-refractivity contribution in [2.75, 3.05) is 26.7 Å². The zero-order valence-corrected chi connectivity index (χ0v) is 11.0. The van der Waals surface area contributed by atoms with Crippen molar-refractivity contribution in [1.82, 2.24) is 9.80 Å². The van der Waals surface area contributed by atoms with Gasteiger partial charge in [0.15, 0.2) is 0 Å². The quantitative estimate of drug-likeness (QED) is 0.814. The summed E-state index contributed by atoms with van der Waals surface area (Å²) in [5.41, 5.74) is 0. The van der Waals surface area contributed by atoms with Gasteiger partial charge in [-0.25, -0.2) is 4.79 Å². The topological polar surface area (TPSA) is 60.9 Å². The van der Waals surface area contributed by atoms with Crippen LogP contribution in [0.15, 0.2) is 0 Å². The molecule has 102 valence electrons. The number of carbonyl (C=O) groups is 2. The molecule has 1 saturated heterocycles. The normalized spacial score (nSPS) is 27.5. The maximum absolute atomic E-state index is 12.1. The van der Waals surface area contributed by atoms with E-state index in [9.17, 15) is 9.59 Å². The molecular weight excluding hydrogens is 232 g/mol. The van der Waals surface area contributed by atoms with Crippen LogP contribution in [0.1, 0.15) is 32.1 Å². The second kappa shape index (κ2) is 5.59. The Balaban J connectivity index is 1.89. The van der Waals surface area contributed by atoms with Crippen LogP contribution in [0.25, 0.3) is 0 Å². The van der Waals surface area contributed by atoms with Crippen molar-refractivity contribution in [3.05, 3.63) is 0 Å². The predicted octanol–water partition coefficient (Wildman–Crippen LogP) is 1.63. The van der Waals surface area contributed by atoms with Gasteiger partial charge in [0, 0.05) is 20.1 Å². The summed E-state index contributed by atoms with van der Waals surface area (Å²) in [4.78, 5) is 25.8. The molecule has 0 aromatic carbocycles. The third-order valence-corrected chi connectivity index (χ3v) is 4.26. The molecule has 2 rings (SSSR count). The lowest BCUT2D eigenvalue weighted by molar-refractivity contribution is -0.137. The Hall–Kier alpha value is -1.26. The van der Waals surface area contributed by atoms with Gasteiger partial charge in [0.05, 0.1) is 0 Å². The number of fused-ring (bicyclic) bond motifs is 1. The van der Waals surface area contributed by atoms with Gasteiger partial charge in [-0.05, 0) is 24.7 Å². The monoisotopic (exact) mass is 254 g/mol. The molecular formula is C13H22N2O3. The Morgan fingerprint density at radius 2 is 1.89 bits per heavy atom. The van der Waals surface area contributed by atoms with E-state index in [1.54, 1.807) is 7.05 Å². The Kier molecular flexibility index (Phi) is 4.09. The van der Waals surface area contributed by atoms with Gasteiger partial charge in [0.2, 0.25) is 0 Å². The maximum atomic E-state index is 12.1. The molecule has 1 aliphatic carbocycles. The average Bonchev–Trinajstić information content (AvgIpc) is 2.36. The third kappa shape index (κ3) is 2.94. The van der Waals surface area contributed by atoms with Crippen molar-refractivity contribution >= 4 is 12.0 Å². The minimum atomic E-state index is -0.960. The van der Waals surface area contributed by atoms with Crippen LogP contribution >= 0.6 is 0 Å². The number of hydrogen-bond donors (Lipinski definition) is 1. The second-order valence-electron chi connectivity index (χ2n) is 5.57. The van der Waals surface area contributed by atoms with E-state index in [-0.39, 0.29) is 12.6 Å². The Labute approximate surface area is 108 Å². The van der Waals surface area contributed by atoms with Gasteiger partial charge in [0.25, 0.3) is 0 Å². The van der Waals surface area contributed by atoms with Crippen LogP contribution in [0.5, 0.6) is 0 Å². The van der Waals surface area contributed by atoms with Crippen LogP contribution in [0, 0.1) is 11.8 Å². The van der Waals surface area contributed by atoms with Crippen LogP contribution in [0.2, 0.25) is 0 Å². The summed E-state index contributed by atoms with van der Waals surface area (Å²) in [6, 6.07) is -0.138. The van der Waals surface area contributed by atoms with E-state index in [2.05, 4.69) is 0 Å². The molecule has 18 heavy (non-hydrogen) atoms. The molecule has 0 aromatic rings. The number of hydrogen-bond acceptors (Lipinski definition) is 2. The molecule has 1 aliphatic heterocycles. The molecule has 2 aliphatic rings. The van der Waals surface area contributed by atoms with Crippen LogP contribution in [0.4, 0.5) is 4.79 Å². The second-order valence-corrected chi connectivity index (χ2v) is 5.57. The molecule has 2 amide bonds. The number of carboxylic acid groups (broad SMARTS) is 1. The Morgan fingerprint density at radius 1 is 1.22 bits per heavy atom. The molecule has 0 aromatic heterocycles. The van der Waals surface area contributed by atoms with Gasteiger partial charge in [-0.2, -0.15) is 0 Å². The van der Waals surface area contributed by atoms with Crippen molar-refractivity contribution in [2.24, 2.45) is 11.8 Å². The van der Waals surface area contributed by atoms with Crippen LogP contribution in [0.3, 0.4) is 0 Å². The number of nitrogens with zero attached hydrogens (tertiary/aromatic N) is 2. The van der Waals surface area contributed by atoms with Gasteiger partial charge in [-0.3, -0.25) is 4.79 Å². The van der Waals surface area contributed by atoms with Crippen LogP contribution < -0.4 is 0 Å². The highest BCUT2D eigenvalue weighted by Crippen LogP contribution is 2.36. The summed E-state index contributed by atoms with van der Waals surface area (Å²) in [6.07, 6.45) is 6.20. The fourth-order valence-electron chi connectivity index (χ4n) is 3.29. The highest BCUT2D eigenvalue weighted by atomic mass is 16.4. The number of rotatable bonds is 2. The van der Waals surface area contributed by atoms with E-state index >= 15 is 0 Å². The van der Waals surface area contributed by atoms with Crippen LogP contribution in [-0.2, 0) is 4.79 Å². The number of carboxylic acids is 1. The van der Waals surface area contributed by atoms with Gasteiger partial charge in [0.1, 0.15) is 6.54 Å². The van der Waals surface area contributed by atoms with E-state index in [0.29, 0.717) is 5.92 Å². The smallest absolute Gasteiger partial charge is 0.323 e. The van der Waals surface area contributed by atoms with Gasteiger partial charge in [-0.1, -0.05) is 19.3 Å². The largest absolute Gasteiger partial charge is 0.480 e. The highest BCUT2D eigenvalue weighted by molar-refractivity contribution is 5.80. The number of aliphatic carboxylic acids is 1. The lowest BCUT2D eigenvalue weighted by Gasteiger charge is -2.42. The maximum Gasteiger partial charge on any atom is 0.323 e. The van der Waals surface area contributed by atoms with Gasteiger partial charge in [-0.15, -0.1) is 0 Å². The van der Waals surface area contributed by atoms with E-state index in [1.807, 2.05) is 4.90 Å². The standard InChI is InChI=1S/C13H22N2O3/c1-14(9-12(16)17)13(18)15-7-6-10-4-2-3-5-11(10)8-15/h10-11H,2-9H2,1H3,(H,16,17). The fourth-order valence-corrected chi connectivity index (χ4v) is 3.29. The molecule has 2 unspecified atom stereocenters. The van der Waals surface area contributed by atoms with Gasteiger partial charge < -0.3 is 14.9 Å². The first-order valence-electron chi connectivity index (χ1n) is 6.79. The lowest BCUT2D eigenvalue weighted by atomic mass is 9.75. The number of urea groups is 1. The zero-order valence-electron chi connectivity index (χ0n) is 11.0. The van der Waals surface area contributed by atoms with Crippen LogP contribution in [-0.4, -0.2) is 53.6 Å². The average molecular weight is 254 g/mol. The molecule has 0 spiro atoms. The summed E-state index contributed by atoms with van der Waals surface area (Å²) in [6.45, 7) is 1.38. The molecule has 1 heterocycles. The minimum Gasteiger partial charge on any atom is -0.480 e. The number of likely N-dealkylation sites (N-methyl/N-ethyl adjacent to an activating group) is 1. The van der Waals surface area contributed by atoms with Gasteiger partial charge >= 0.3 is 12.0 Å². The van der Waals surface area contributed by atoms with Crippen molar-refractivity contribution in [3.8, 4) is 0 Å². The molecule has 2 atom stereocenters. The van der Waals surface area contributed by atoms with Crippen molar-refractivity contribution < 1.29 is 14.7 Å². The molecule has 1 N–H and O–H groups in total. The molecule has 0 bridgehead atoms. The first-order valence-corrected chi connectivity index (χ1v) is 6.79. The number of carbonyl (C=O) groups excluding carboxylic acids is 1. The highest BCUT2D eigenvalue weighted by Gasteiger charge is 2.33. The molecule has 5 heteroatoms. The SMILES string of the molecule is CN(CC(=O)O)C(=O)N1CCC2CCCCC2C1. The summed E-state index contributed by atoms with van der Waals surface area (Å²) < 4.78 is 0. The molecule has 1 saturated carbocycles. The summed E-state index contributed by atoms with van der Waals surface area (Å²) >= 11 is 0. The zero-order chi connectivity index (χ0) is 13.1. The van der Waals surface area contributed by atoms with E-state index in [0.717, 1.165) is 25.4 Å².